The zero-order valence-corrected chi connectivity index (χ0v) is 10.6. The Kier molecular flexibility index (Phi) is 2.76. The van der Waals surface area contributed by atoms with Crippen LogP contribution in [0.4, 0.5) is 0 Å². The highest BCUT2D eigenvalue weighted by Gasteiger charge is 2.53. The SMILES string of the molecule is CSCCC1(CNC2CC2)CC2CC2C1. The van der Waals surface area contributed by atoms with E-state index in [1.165, 1.54) is 44.4 Å². The fourth-order valence-electron chi connectivity index (χ4n) is 3.41. The fourth-order valence-corrected chi connectivity index (χ4v) is 4.05. The van der Waals surface area contributed by atoms with Gasteiger partial charge in [0.1, 0.15) is 0 Å². The molecule has 0 aliphatic heterocycles. The van der Waals surface area contributed by atoms with Crippen molar-refractivity contribution in [3.05, 3.63) is 0 Å². The van der Waals surface area contributed by atoms with E-state index in [0.717, 1.165) is 17.9 Å². The highest BCUT2D eigenvalue weighted by atomic mass is 32.2. The summed E-state index contributed by atoms with van der Waals surface area (Å²) >= 11 is 2.03. The van der Waals surface area contributed by atoms with Gasteiger partial charge in [-0.2, -0.15) is 11.8 Å². The third-order valence-corrected chi connectivity index (χ3v) is 5.25. The standard InChI is InChI=1S/C13H23NS/c1-15-5-4-13(9-14-12-2-3-12)7-10-6-11(10)8-13/h10-12,14H,2-9H2,1H3. The Morgan fingerprint density at radius 2 is 2.00 bits per heavy atom. The van der Waals surface area contributed by atoms with Crippen molar-refractivity contribution in [1.82, 2.24) is 5.32 Å². The summed E-state index contributed by atoms with van der Waals surface area (Å²) in [6, 6.07) is 0.896. The molecule has 15 heavy (non-hydrogen) atoms. The molecule has 2 atom stereocenters. The number of fused-ring (bicyclic) bond motifs is 1. The molecule has 0 aromatic rings. The van der Waals surface area contributed by atoms with E-state index < -0.39 is 0 Å². The Labute approximate surface area is 97.8 Å². The molecule has 2 unspecified atom stereocenters. The molecular weight excluding hydrogens is 202 g/mol. The third-order valence-electron chi connectivity index (χ3n) is 4.64. The Balaban J connectivity index is 1.54. The van der Waals surface area contributed by atoms with Gasteiger partial charge in [0.05, 0.1) is 0 Å². The monoisotopic (exact) mass is 225 g/mol. The molecule has 0 bridgehead atoms. The summed E-state index contributed by atoms with van der Waals surface area (Å²) in [5, 5.41) is 3.78. The number of hydrogen-bond acceptors (Lipinski definition) is 2. The molecule has 0 aromatic carbocycles. The van der Waals surface area contributed by atoms with E-state index in [0.29, 0.717) is 5.41 Å². The van der Waals surface area contributed by atoms with Crippen LogP contribution >= 0.6 is 11.8 Å². The molecule has 3 aliphatic carbocycles. The first-order chi connectivity index (χ1) is 7.31. The molecular formula is C13H23NS. The first-order valence-electron chi connectivity index (χ1n) is 6.54. The van der Waals surface area contributed by atoms with Crippen molar-refractivity contribution in [2.45, 2.75) is 44.6 Å². The number of thioether (sulfide) groups is 1. The number of rotatable bonds is 6. The van der Waals surface area contributed by atoms with E-state index in [1.54, 1.807) is 6.42 Å². The van der Waals surface area contributed by atoms with Gasteiger partial charge in [0.2, 0.25) is 0 Å². The second-order valence-electron chi connectivity index (χ2n) is 6.06. The van der Waals surface area contributed by atoms with Crippen LogP contribution in [0.2, 0.25) is 0 Å². The van der Waals surface area contributed by atoms with E-state index in [-0.39, 0.29) is 0 Å². The van der Waals surface area contributed by atoms with Crippen molar-refractivity contribution in [3.8, 4) is 0 Å². The molecule has 3 rings (SSSR count). The quantitative estimate of drug-likeness (QED) is 0.746. The van der Waals surface area contributed by atoms with Crippen LogP contribution in [-0.2, 0) is 0 Å². The van der Waals surface area contributed by atoms with Gasteiger partial charge in [0.25, 0.3) is 0 Å². The van der Waals surface area contributed by atoms with Gasteiger partial charge in [0, 0.05) is 12.6 Å². The van der Waals surface area contributed by atoms with Gasteiger partial charge in [0.15, 0.2) is 0 Å². The van der Waals surface area contributed by atoms with Gasteiger partial charge in [-0.05, 0) is 67.8 Å². The first-order valence-corrected chi connectivity index (χ1v) is 7.93. The minimum Gasteiger partial charge on any atom is -0.313 e. The zero-order valence-electron chi connectivity index (χ0n) is 9.80. The van der Waals surface area contributed by atoms with Gasteiger partial charge >= 0.3 is 0 Å². The van der Waals surface area contributed by atoms with Crippen molar-refractivity contribution in [3.63, 3.8) is 0 Å². The maximum absolute atomic E-state index is 3.78. The van der Waals surface area contributed by atoms with Crippen LogP contribution in [0.3, 0.4) is 0 Å². The Morgan fingerprint density at radius 3 is 2.60 bits per heavy atom. The normalized spacial score (nSPS) is 43.0. The predicted octanol–water partition coefficient (Wildman–Crippen LogP) is 2.91. The summed E-state index contributed by atoms with van der Waals surface area (Å²) in [6.07, 6.45) is 11.2. The van der Waals surface area contributed by atoms with Gasteiger partial charge in [-0.25, -0.2) is 0 Å². The van der Waals surface area contributed by atoms with Crippen LogP contribution < -0.4 is 5.32 Å². The lowest BCUT2D eigenvalue weighted by Crippen LogP contribution is -2.35. The highest BCUT2D eigenvalue weighted by Crippen LogP contribution is 2.61. The molecule has 0 spiro atoms. The summed E-state index contributed by atoms with van der Waals surface area (Å²) < 4.78 is 0. The van der Waals surface area contributed by atoms with Gasteiger partial charge in [-0.15, -0.1) is 0 Å². The molecule has 3 fully saturated rings. The molecule has 0 radical (unpaired) electrons. The van der Waals surface area contributed by atoms with Gasteiger partial charge in [-0.1, -0.05) is 0 Å². The maximum atomic E-state index is 3.78. The van der Waals surface area contributed by atoms with E-state index in [9.17, 15) is 0 Å². The van der Waals surface area contributed by atoms with Gasteiger partial charge < -0.3 is 5.32 Å². The highest BCUT2D eigenvalue weighted by molar-refractivity contribution is 7.98. The van der Waals surface area contributed by atoms with Crippen molar-refractivity contribution in [1.29, 1.82) is 0 Å². The molecule has 2 heteroatoms. The zero-order chi connectivity index (χ0) is 10.3. The summed E-state index contributed by atoms with van der Waals surface area (Å²) in [5.41, 5.74) is 0.708. The molecule has 1 N–H and O–H groups in total. The minimum atomic E-state index is 0.708. The van der Waals surface area contributed by atoms with Crippen LogP contribution in [0.1, 0.15) is 38.5 Å². The van der Waals surface area contributed by atoms with E-state index >= 15 is 0 Å². The third kappa shape index (κ3) is 2.36. The smallest absolute Gasteiger partial charge is 0.00684 e. The fraction of sp³-hybridized carbons (Fsp3) is 1.00. The topological polar surface area (TPSA) is 12.0 Å². The molecule has 3 saturated carbocycles. The summed E-state index contributed by atoms with van der Waals surface area (Å²) in [6.45, 7) is 1.32. The molecule has 0 aromatic heterocycles. The predicted molar refractivity (Wildman–Crippen MR) is 67.3 cm³/mol. The minimum absolute atomic E-state index is 0.708. The molecule has 0 amide bonds. The van der Waals surface area contributed by atoms with Crippen molar-refractivity contribution < 1.29 is 0 Å². The molecule has 86 valence electrons. The van der Waals surface area contributed by atoms with Crippen LogP contribution in [0.5, 0.6) is 0 Å². The summed E-state index contributed by atoms with van der Waals surface area (Å²) in [7, 11) is 0. The van der Waals surface area contributed by atoms with Crippen LogP contribution in [0, 0.1) is 17.3 Å². The second-order valence-corrected chi connectivity index (χ2v) is 7.05. The van der Waals surface area contributed by atoms with Crippen LogP contribution in [0.25, 0.3) is 0 Å². The number of hydrogen-bond donors (Lipinski definition) is 1. The van der Waals surface area contributed by atoms with Crippen molar-refractivity contribution in [2.75, 3.05) is 18.6 Å². The van der Waals surface area contributed by atoms with Crippen molar-refractivity contribution in [2.24, 2.45) is 17.3 Å². The van der Waals surface area contributed by atoms with E-state index in [1.807, 2.05) is 11.8 Å². The Morgan fingerprint density at radius 1 is 1.27 bits per heavy atom. The summed E-state index contributed by atoms with van der Waals surface area (Å²) in [5.74, 6) is 3.63. The summed E-state index contributed by atoms with van der Waals surface area (Å²) in [4.78, 5) is 0. The lowest BCUT2D eigenvalue weighted by Gasteiger charge is -2.31. The maximum Gasteiger partial charge on any atom is 0.00684 e. The lowest BCUT2D eigenvalue weighted by molar-refractivity contribution is 0.242. The average Bonchev–Trinajstić information content (AvgIpc) is 3.14. The Bertz CT molecular complexity index is 227. The molecule has 0 heterocycles. The van der Waals surface area contributed by atoms with E-state index in [2.05, 4.69) is 11.6 Å². The first kappa shape index (κ1) is 10.5. The average molecular weight is 225 g/mol. The Hall–Kier alpha value is 0.310. The van der Waals surface area contributed by atoms with Crippen molar-refractivity contribution >= 4 is 11.8 Å². The van der Waals surface area contributed by atoms with Gasteiger partial charge in [-0.3, -0.25) is 0 Å². The largest absolute Gasteiger partial charge is 0.313 e. The molecule has 1 nitrogen and oxygen atoms in total. The lowest BCUT2D eigenvalue weighted by atomic mass is 9.80. The number of nitrogens with one attached hydrogen (secondary N) is 1. The van der Waals surface area contributed by atoms with E-state index in [4.69, 9.17) is 0 Å². The van der Waals surface area contributed by atoms with Crippen LogP contribution in [-0.4, -0.2) is 24.6 Å². The molecule has 0 saturated heterocycles. The second kappa shape index (κ2) is 3.96. The van der Waals surface area contributed by atoms with Crippen LogP contribution in [0.15, 0.2) is 0 Å². The molecule has 3 aliphatic rings.